The zero-order valence-electron chi connectivity index (χ0n) is 62.0. The lowest BCUT2D eigenvalue weighted by atomic mass is 9.94. The van der Waals surface area contributed by atoms with E-state index in [0.29, 0.717) is 19.3 Å². The minimum Gasteiger partial charge on any atom is -0.480 e. The van der Waals surface area contributed by atoms with Crippen LogP contribution in [-0.4, -0.2) is 243 Å². The molecule has 28 nitrogen and oxygen atoms in total. The SMILES string of the molecule is CC[C@H](C)[C@@H](C(=O)NCCC(=O)N[C@@H](C(=O)N(C)[C@H](C(=O)N(C)[C@@H](C)C(=O)NCCC(=O)N[C@H](CC(C)C)C(=O)N(C)[C@@H](C(=O)O)[C@@H](C)CC)C(C)C)[C@@H](C)CC)N(C)C(=O)[C@@H](CC(C)C)NC(=O)[C@@H](NC(=O)[C@@H](CC(C)C)N(C)C(=O)[C@@H](NC(=O)CS(C)=O)C(C)C)[C@@H](C)O. The van der Waals surface area contributed by atoms with Gasteiger partial charge in [0.25, 0.3) is 0 Å². The molecular weight excluding hydrogens is 1260 g/mol. The van der Waals surface area contributed by atoms with Crippen LogP contribution in [0.3, 0.4) is 0 Å². The molecule has 0 aliphatic carbocycles. The molecule has 96 heavy (non-hydrogen) atoms. The number of hydrogen-bond acceptors (Lipinski definition) is 15. The third kappa shape index (κ3) is 28.4. The molecule has 0 heterocycles. The summed E-state index contributed by atoms with van der Waals surface area (Å²) in [5.41, 5.74) is 0. The van der Waals surface area contributed by atoms with Gasteiger partial charge in [0.1, 0.15) is 66.2 Å². The molecule has 0 aromatic carbocycles. The molecule has 0 radical (unpaired) electrons. The number of aliphatic hydroxyl groups is 1. The molecule has 0 spiro atoms. The molecule has 0 aromatic heterocycles. The average molecular weight is 1380 g/mol. The molecule has 0 saturated carbocycles. The molecule has 15 atom stereocenters. The van der Waals surface area contributed by atoms with Crippen molar-refractivity contribution in [1.29, 1.82) is 0 Å². The molecule has 0 rings (SSSR count). The number of carbonyl (C=O) groups excluding carboxylic acids is 12. The molecular formula is C67H122N12O16S. The van der Waals surface area contributed by atoms with Gasteiger partial charge in [-0.25, -0.2) is 4.79 Å². The van der Waals surface area contributed by atoms with E-state index in [4.69, 9.17) is 0 Å². The monoisotopic (exact) mass is 1380 g/mol. The Hall–Kier alpha value is -6.78. The van der Waals surface area contributed by atoms with Gasteiger partial charge in [0.2, 0.25) is 70.9 Å². The molecule has 12 amide bonds. The topological polar surface area (TPSA) is 380 Å². The highest BCUT2D eigenvalue weighted by Gasteiger charge is 2.42. The number of aliphatic carboxylic acids is 1. The summed E-state index contributed by atoms with van der Waals surface area (Å²) in [4.78, 5) is 185. The largest absolute Gasteiger partial charge is 0.480 e. The number of carbonyl (C=O) groups is 13. The summed E-state index contributed by atoms with van der Waals surface area (Å²) in [5, 5.41) is 39.7. The molecule has 552 valence electrons. The Bertz CT molecular complexity index is 2640. The molecule has 0 aromatic rings. The van der Waals surface area contributed by atoms with E-state index in [-0.39, 0.29) is 74.6 Å². The van der Waals surface area contributed by atoms with Crippen LogP contribution in [0.1, 0.15) is 176 Å². The minimum atomic E-state index is -1.63. The van der Waals surface area contributed by atoms with Crippen molar-refractivity contribution in [3.8, 4) is 0 Å². The Morgan fingerprint density at radius 2 is 0.823 bits per heavy atom. The van der Waals surface area contributed by atoms with Crippen LogP contribution < -0.4 is 37.2 Å². The second-order valence-electron chi connectivity index (χ2n) is 27.9. The highest BCUT2D eigenvalue weighted by atomic mass is 32.2. The first-order valence-electron chi connectivity index (χ1n) is 33.9. The van der Waals surface area contributed by atoms with Crippen molar-refractivity contribution in [2.24, 2.45) is 47.3 Å². The first kappa shape index (κ1) is 89.2. The fourth-order valence-corrected chi connectivity index (χ4v) is 11.6. The van der Waals surface area contributed by atoms with Gasteiger partial charge in [-0.05, 0) is 80.5 Å². The third-order valence-corrected chi connectivity index (χ3v) is 18.3. The smallest absolute Gasteiger partial charge is 0.326 e. The number of hydrogen-bond donors (Lipinski definition) is 9. The standard InChI is InChI=1S/C67H122N12O16S/c1-25-41(14)53(65(91)77(21)55(40(12)13)66(92)75(19)44(17)58(84)68-30-28-49(81)70-46(32-36(4)5)62(88)79(23)57(67(93)94)43(16)27-3)72-50(82)29-31-69-61(87)56(42(15)26-2)78(22)63(89)47(33-37(6)7)71-60(86)54(45(18)80)74-59(85)48(34-38(8)9)76(20)64(90)52(39(10)11)73-51(83)35-96(24)95/h36-48,52-57,80H,25-35H2,1-24H3,(H,68,84)(H,69,87)(H,70,81)(H,71,86)(H,72,82)(H,73,83)(H,74,85)(H,93,94)/t41-,42-,43-,44-,45+,46+,47+,48+,52-,53+,54-,55-,56-,57+,96?/m0/s1. The summed E-state index contributed by atoms with van der Waals surface area (Å²) in [6.07, 6.45) is 1.09. The number of likely N-dealkylation sites (N-methyl/N-ethyl adjacent to an activating group) is 5. The predicted molar refractivity (Wildman–Crippen MR) is 368 cm³/mol. The summed E-state index contributed by atoms with van der Waals surface area (Å²) < 4.78 is 11.8. The number of aliphatic hydroxyl groups excluding tert-OH is 1. The number of nitrogens with one attached hydrogen (secondary N) is 7. The second kappa shape index (κ2) is 42.8. The van der Waals surface area contributed by atoms with E-state index < -0.39 is 178 Å². The maximum Gasteiger partial charge on any atom is 0.326 e. The normalized spacial score (nSPS) is 16.3. The Morgan fingerprint density at radius 1 is 0.406 bits per heavy atom. The summed E-state index contributed by atoms with van der Waals surface area (Å²) in [6, 6.07) is -11.7. The van der Waals surface area contributed by atoms with E-state index in [9.17, 15) is 76.8 Å². The zero-order valence-corrected chi connectivity index (χ0v) is 62.8. The van der Waals surface area contributed by atoms with Gasteiger partial charge in [0.05, 0.1) is 6.10 Å². The number of amides is 12. The van der Waals surface area contributed by atoms with Gasteiger partial charge in [0, 0.05) is 78.2 Å². The van der Waals surface area contributed by atoms with Crippen molar-refractivity contribution in [3.05, 3.63) is 0 Å². The lowest BCUT2D eigenvalue weighted by Gasteiger charge is -2.37. The van der Waals surface area contributed by atoms with E-state index in [1.807, 2.05) is 62.3 Å². The third-order valence-electron chi connectivity index (χ3n) is 17.6. The summed E-state index contributed by atoms with van der Waals surface area (Å²) in [6.45, 7) is 30.9. The van der Waals surface area contributed by atoms with Gasteiger partial charge in [-0.1, -0.05) is 130 Å². The Morgan fingerprint density at radius 3 is 1.25 bits per heavy atom. The van der Waals surface area contributed by atoms with Gasteiger partial charge in [0.15, 0.2) is 0 Å². The predicted octanol–water partition coefficient (Wildman–Crippen LogP) is 2.01. The van der Waals surface area contributed by atoms with Crippen molar-refractivity contribution < 1.29 is 76.8 Å². The molecule has 0 fully saturated rings. The van der Waals surface area contributed by atoms with Crippen LogP contribution in [0, 0.1) is 47.3 Å². The van der Waals surface area contributed by atoms with Crippen molar-refractivity contribution in [2.45, 2.75) is 243 Å². The van der Waals surface area contributed by atoms with E-state index in [1.54, 1.807) is 48.5 Å². The average Bonchev–Trinajstić information content (AvgIpc) is 0.891. The maximum absolute atomic E-state index is 14.6. The van der Waals surface area contributed by atoms with E-state index in [1.165, 1.54) is 74.9 Å². The first-order valence-corrected chi connectivity index (χ1v) is 35.7. The van der Waals surface area contributed by atoms with Crippen LogP contribution in [0.2, 0.25) is 0 Å². The van der Waals surface area contributed by atoms with Crippen LogP contribution in [0.4, 0.5) is 0 Å². The van der Waals surface area contributed by atoms with Crippen molar-refractivity contribution in [3.63, 3.8) is 0 Å². The molecule has 29 heteroatoms. The van der Waals surface area contributed by atoms with Gasteiger partial charge >= 0.3 is 5.97 Å². The second-order valence-corrected chi connectivity index (χ2v) is 29.4. The number of carboxylic acid groups (broad SMARTS) is 1. The van der Waals surface area contributed by atoms with Crippen LogP contribution >= 0.6 is 0 Å². The van der Waals surface area contributed by atoms with Crippen LogP contribution in [0.25, 0.3) is 0 Å². The quantitative estimate of drug-likeness (QED) is 0.0422. The number of nitrogens with zero attached hydrogens (tertiary/aromatic N) is 5. The molecule has 0 aliphatic rings. The lowest BCUT2D eigenvalue weighted by molar-refractivity contribution is -0.152. The van der Waals surface area contributed by atoms with Gasteiger partial charge in [-0.15, -0.1) is 0 Å². The number of carboxylic acids is 1. The van der Waals surface area contributed by atoms with Crippen molar-refractivity contribution >= 4 is 87.7 Å². The van der Waals surface area contributed by atoms with Crippen LogP contribution in [-0.2, 0) is 73.1 Å². The zero-order chi connectivity index (χ0) is 74.7. The summed E-state index contributed by atoms with van der Waals surface area (Å²) in [5.74, 6) is -11.8. The molecule has 0 bridgehead atoms. The van der Waals surface area contributed by atoms with Crippen LogP contribution in [0.15, 0.2) is 0 Å². The molecule has 0 aliphatic heterocycles. The van der Waals surface area contributed by atoms with E-state index in [0.717, 1.165) is 4.90 Å². The lowest BCUT2D eigenvalue weighted by Crippen LogP contribution is -2.62. The first-order chi connectivity index (χ1) is 44.4. The minimum absolute atomic E-state index is 0.0362. The van der Waals surface area contributed by atoms with Gasteiger partial charge in [-0.3, -0.25) is 61.7 Å². The molecule has 0 saturated heterocycles. The molecule has 9 N–H and O–H groups in total. The summed E-state index contributed by atoms with van der Waals surface area (Å²) >= 11 is 0. The van der Waals surface area contributed by atoms with Gasteiger partial charge < -0.3 is 71.9 Å². The van der Waals surface area contributed by atoms with Gasteiger partial charge in [-0.2, -0.15) is 0 Å². The fourth-order valence-electron chi connectivity index (χ4n) is 11.2. The summed E-state index contributed by atoms with van der Waals surface area (Å²) in [7, 11) is 5.56. The highest BCUT2D eigenvalue weighted by Crippen LogP contribution is 2.23. The van der Waals surface area contributed by atoms with Crippen LogP contribution in [0.5, 0.6) is 0 Å². The highest BCUT2D eigenvalue weighted by molar-refractivity contribution is 7.85. The van der Waals surface area contributed by atoms with Crippen molar-refractivity contribution in [2.75, 3.05) is 60.3 Å². The Kier molecular flexibility index (Phi) is 39.8. The Labute approximate surface area is 574 Å². The van der Waals surface area contributed by atoms with E-state index >= 15 is 0 Å². The number of rotatable bonds is 43. The van der Waals surface area contributed by atoms with Crippen molar-refractivity contribution in [1.82, 2.24) is 61.7 Å². The maximum atomic E-state index is 14.6. The van der Waals surface area contributed by atoms with E-state index in [2.05, 4.69) is 37.2 Å². The Balaban J connectivity index is 6.38. The molecule has 1 unspecified atom stereocenters. The fraction of sp³-hybridized carbons (Fsp3) is 0.806.